The largest absolute Gasteiger partial charge is 0.465 e. The number of nitrogen functional groups attached to an aromatic ring is 1. The van der Waals surface area contributed by atoms with Gasteiger partial charge in [-0.2, -0.15) is 5.10 Å². The molecule has 0 saturated carbocycles. The standard InChI is InChI=1S/C10H10BrN3O2S/c1-4-5(3-11)13-14-9-6(4)7(12)8(17-9)10(15)16-2/h3,12H2,1-2H3. The number of carbonyl (C=O) groups is 1. The summed E-state index contributed by atoms with van der Waals surface area (Å²) in [5.41, 5.74) is 8.15. The first kappa shape index (κ1) is 12.3. The molecule has 0 saturated heterocycles. The Morgan fingerprint density at radius 1 is 1.53 bits per heavy atom. The van der Waals surface area contributed by atoms with Crippen LogP contribution in [0.15, 0.2) is 0 Å². The number of nitrogens with two attached hydrogens (primary N) is 1. The number of thiophene rings is 1. The van der Waals surface area contributed by atoms with Crippen LogP contribution >= 0.6 is 27.3 Å². The average molecular weight is 316 g/mol. The number of fused-ring (bicyclic) bond motifs is 1. The van der Waals surface area contributed by atoms with Crippen molar-refractivity contribution < 1.29 is 9.53 Å². The van der Waals surface area contributed by atoms with Crippen molar-refractivity contribution in [1.82, 2.24) is 10.2 Å². The monoisotopic (exact) mass is 315 g/mol. The van der Waals surface area contributed by atoms with Gasteiger partial charge in [-0.3, -0.25) is 0 Å². The maximum absolute atomic E-state index is 11.5. The van der Waals surface area contributed by atoms with E-state index in [1.54, 1.807) is 0 Å². The van der Waals surface area contributed by atoms with Crippen LogP contribution in [0.3, 0.4) is 0 Å². The number of alkyl halides is 1. The SMILES string of the molecule is COC(=O)c1sc2nnc(CBr)c(C)c2c1N. The van der Waals surface area contributed by atoms with Gasteiger partial charge in [0.05, 0.1) is 18.5 Å². The van der Waals surface area contributed by atoms with Gasteiger partial charge in [0.1, 0.15) is 9.71 Å². The fourth-order valence-electron chi connectivity index (χ4n) is 1.56. The number of aryl methyl sites for hydroxylation is 1. The predicted octanol–water partition coefficient (Wildman–Crippen LogP) is 2.26. The molecule has 0 aromatic carbocycles. The molecule has 0 spiro atoms. The van der Waals surface area contributed by atoms with Gasteiger partial charge in [-0.15, -0.1) is 16.4 Å². The molecule has 0 radical (unpaired) electrons. The molecule has 90 valence electrons. The molecule has 5 nitrogen and oxygen atoms in total. The lowest BCUT2D eigenvalue weighted by Crippen LogP contribution is -2.02. The van der Waals surface area contributed by atoms with E-state index in [0.717, 1.165) is 16.6 Å². The van der Waals surface area contributed by atoms with Crippen LogP contribution < -0.4 is 5.73 Å². The van der Waals surface area contributed by atoms with Crippen molar-refractivity contribution >= 4 is 49.1 Å². The highest BCUT2D eigenvalue weighted by Crippen LogP contribution is 2.35. The lowest BCUT2D eigenvalue weighted by Gasteiger charge is -2.02. The zero-order valence-electron chi connectivity index (χ0n) is 9.28. The van der Waals surface area contributed by atoms with Gasteiger partial charge in [-0.25, -0.2) is 4.79 Å². The first-order chi connectivity index (χ1) is 8.10. The van der Waals surface area contributed by atoms with Gasteiger partial charge in [0, 0.05) is 10.7 Å². The number of halogens is 1. The number of aromatic nitrogens is 2. The van der Waals surface area contributed by atoms with E-state index in [2.05, 4.69) is 30.9 Å². The molecule has 0 bridgehead atoms. The Hall–Kier alpha value is -1.21. The van der Waals surface area contributed by atoms with Crippen LogP contribution in [0, 0.1) is 6.92 Å². The molecule has 0 fully saturated rings. The van der Waals surface area contributed by atoms with Crippen LogP contribution in [0.25, 0.3) is 10.2 Å². The molecule has 17 heavy (non-hydrogen) atoms. The minimum absolute atomic E-state index is 0.381. The number of methoxy groups -OCH3 is 1. The summed E-state index contributed by atoms with van der Waals surface area (Å²) in [4.78, 5) is 12.6. The van der Waals surface area contributed by atoms with Crippen molar-refractivity contribution in [1.29, 1.82) is 0 Å². The number of hydrogen-bond donors (Lipinski definition) is 1. The maximum Gasteiger partial charge on any atom is 0.350 e. The van der Waals surface area contributed by atoms with E-state index in [-0.39, 0.29) is 0 Å². The van der Waals surface area contributed by atoms with Crippen LogP contribution in [-0.4, -0.2) is 23.3 Å². The molecule has 0 aliphatic rings. The first-order valence-electron chi connectivity index (χ1n) is 4.78. The fourth-order valence-corrected chi connectivity index (χ4v) is 3.11. The molecule has 2 aromatic heterocycles. The third-order valence-corrected chi connectivity index (χ3v) is 4.09. The van der Waals surface area contributed by atoms with Gasteiger partial charge < -0.3 is 10.5 Å². The molecule has 2 heterocycles. The minimum atomic E-state index is -0.440. The molecule has 2 rings (SSSR count). The number of hydrogen-bond acceptors (Lipinski definition) is 6. The number of carbonyl (C=O) groups excluding carboxylic acids is 1. The first-order valence-corrected chi connectivity index (χ1v) is 6.72. The summed E-state index contributed by atoms with van der Waals surface area (Å²) in [6.45, 7) is 1.91. The molecule has 0 unspecified atom stereocenters. The summed E-state index contributed by atoms with van der Waals surface area (Å²) < 4.78 is 4.68. The average Bonchev–Trinajstić information content (AvgIpc) is 2.67. The molecule has 0 aliphatic carbocycles. The Kier molecular flexibility index (Phi) is 3.30. The highest BCUT2D eigenvalue weighted by atomic mass is 79.9. The third kappa shape index (κ3) is 1.89. The van der Waals surface area contributed by atoms with Gasteiger partial charge in [0.25, 0.3) is 0 Å². The second-order valence-electron chi connectivity index (χ2n) is 3.42. The summed E-state index contributed by atoms with van der Waals surface area (Å²) >= 11 is 4.54. The minimum Gasteiger partial charge on any atom is -0.465 e. The molecule has 7 heteroatoms. The van der Waals surface area contributed by atoms with E-state index in [9.17, 15) is 4.79 Å². The maximum atomic E-state index is 11.5. The van der Waals surface area contributed by atoms with E-state index in [4.69, 9.17) is 5.73 Å². The Morgan fingerprint density at radius 2 is 2.24 bits per heavy atom. The molecule has 0 atom stereocenters. The van der Waals surface area contributed by atoms with Crippen molar-refractivity contribution in [3.63, 3.8) is 0 Å². The molecule has 0 amide bonds. The molecule has 0 aliphatic heterocycles. The van der Waals surface area contributed by atoms with E-state index < -0.39 is 5.97 Å². The van der Waals surface area contributed by atoms with Crippen LogP contribution in [0.4, 0.5) is 5.69 Å². The zero-order valence-corrected chi connectivity index (χ0v) is 11.7. The van der Waals surface area contributed by atoms with Crippen molar-refractivity contribution in [2.45, 2.75) is 12.3 Å². The third-order valence-electron chi connectivity index (χ3n) is 2.49. The predicted molar refractivity (Wildman–Crippen MR) is 70.5 cm³/mol. The van der Waals surface area contributed by atoms with Crippen molar-refractivity contribution in [2.75, 3.05) is 12.8 Å². The summed E-state index contributed by atoms with van der Waals surface area (Å²) in [5.74, 6) is -0.440. The van der Waals surface area contributed by atoms with Gasteiger partial charge in [0.15, 0.2) is 0 Å². The molecular formula is C10H10BrN3O2S. The van der Waals surface area contributed by atoms with Crippen molar-refractivity contribution in [2.24, 2.45) is 0 Å². The summed E-state index contributed by atoms with van der Waals surface area (Å²) in [5, 5.41) is 9.53. The topological polar surface area (TPSA) is 78.1 Å². The second kappa shape index (κ2) is 4.58. The fraction of sp³-hybridized carbons (Fsp3) is 0.300. The summed E-state index contributed by atoms with van der Waals surface area (Å²) in [6.07, 6.45) is 0. The Balaban J connectivity index is 2.75. The van der Waals surface area contributed by atoms with Crippen LogP contribution in [-0.2, 0) is 10.1 Å². The van der Waals surface area contributed by atoms with E-state index in [0.29, 0.717) is 20.7 Å². The quantitative estimate of drug-likeness (QED) is 0.679. The number of esters is 1. The normalized spacial score (nSPS) is 10.8. The molecular weight excluding hydrogens is 306 g/mol. The number of nitrogens with zero attached hydrogens (tertiary/aromatic N) is 2. The van der Waals surface area contributed by atoms with Crippen LogP contribution in [0.2, 0.25) is 0 Å². The Bertz CT molecular complexity index is 597. The van der Waals surface area contributed by atoms with Gasteiger partial charge in [0.2, 0.25) is 0 Å². The van der Waals surface area contributed by atoms with Gasteiger partial charge >= 0.3 is 5.97 Å². The molecule has 2 aromatic rings. The van der Waals surface area contributed by atoms with Crippen LogP contribution in [0.1, 0.15) is 20.9 Å². The number of anilines is 1. The zero-order chi connectivity index (χ0) is 12.6. The Labute approximate surface area is 110 Å². The van der Waals surface area contributed by atoms with E-state index in [1.807, 2.05) is 6.92 Å². The van der Waals surface area contributed by atoms with E-state index >= 15 is 0 Å². The van der Waals surface area contributed by atoms with E-state index in [1.165, 1.54) is 18.4 Å². The number of ether oxygens (including phenoxy) is 1. The second-order valence-corrected chi connectivity index (χ2v) is 4.98. The number of rotatable bonds is 2. The smallest absolute Gasteiger partial charge is 0.350 e. The molecule has 2 N–H and O–H groups in total. The summed E-state index contributed by atoms with van der Waals surface area (Å²) in [7, 11) is 1.33. The highest BCUT2D eigenvalue weighted by molar-refractivity contribution is 9.08. The van der Waals surface area contributed by atoms with Crippen LogP contribution in [0.5, 0.6) is 0 Å². The lowest BCUT2D eigenvalue weighted by molar-refractivity contribution is 0.0607. The lowest BCUT2D eigenvalue weighted by atomic mass is 10.1. The van der Waals surface area contributed by atoms with Gasteiger partial charge in [-0.05, 0) is 12.5 Å². The van der Waals surface area contributed by atoms with Crippen molar-refractivity contribution in [3.05, 3.63) is 16.1 Å². The highest BCUT2D eigenvalue weighted by Gasteiger charge is 2.20. The van der Waals surface area contributed by atoms with Crippen molar-refractivity contribution in [3.8, 4) is 0 Å². The summed E-state index contributed by atoms with van der Waals surface area (Å²) in [6, 6.07) is 0. The Morgan fingerprint density at radius 3 is 2.82 bits per heavy atom. The van der Waals surface area contributed by atoms with Gasteiger partial charge in [-0.1, -0.05) is 15.9 Å².